The van der Waals surface area contributed by atoms with E-state index in [4.69, 9.17) is 19.4 Å². The number of aromatic nitrogens is 2. The summed E-state index contributed by atoms with van der Waals surface area (Å²) >= 11 is 4.17. The number of nitrogens with one attached hydrogen (secondary N) is 2. The van der Waals surface area contributed by atoms with Crippen LogP contribution in [0, 0.1) is 0 Å². The van der Waals surface area contributed by atoms with Gasteiger partial charge in [-0.25, -0.2) is 14.6 Å². The molecule has 0 saturated carbocycles. The summed E-state index contributed by atoms with van der Waals surface area (Å²) in [6.07, 6.45) is 3.78. The molecule has 15 nitrogen and oxygen atoms in total. The molecule has 0 aliphatic carbocycles. The molecule has 1 saturated heterocycles. The number of amides is 3. The third-order valence-electron chi connectivity index (χ3n) is 11.4. The molecule has 2 aromatic heterocycles. The fourth-order valence-corrected chi connectivity index (χ4v) is 10.7. The van der Waals surface area contributed by atoms with Crippen molar-refractivity contribution in [3.05, 3.63) is 190 Å². The minimum absolute atomic E-state index is 0.0389. The van der Waals surface area contributed by atoms with Crippen LogP contribution in [0.2, 0.25) is 0 Å². The van der Waals surface area contributed by atoms with Crippen LogP contribution >= 0.6 is 34.9 Å². The number of ether oxygens (including phenoxy) is 1. The van der Waals surface area contributed by atoms with Crippen molar-refractivity contribution < 1.29 is 43.1 Å². The first-order chi connectivity index (χ1) is 34.0. The zero-order valence-corrected chi connectivity index (χ0v) is 42.3. The Morgan fingerprint density at radius 2 is 1.39 bits per heavy atom. The van der Waals surface area contributed by atoms with Crippen molar-refractivity contribution in [1.82, 2.24) is 15.4 Å². The number of fused-ring (bicyclic) bond motifs is 1. The summed E-state index contributed by atoms with van der Waals surface area (Å²) in [4.78, 5) is 86.2. The number of β-lactam (4-membered cyclic amide) rings is 1. The monoisotopic (exact) mass is 1010 g/mol. The normalized spacial score (nSPS) is 15.0. The standard InChI is InChI=1S/C53H51N7O8S3/c1-51(2,3)66-49(65)52(4,5)68-56-44(41-34-71-50(54-41)55-53(37-21-13-8-14-22-37,38-23-15-9-16-24-38)39-25-17-10-18-26-39)46(62)57-67-48(64)45-36(33-70-43-31-42(61)60(43)45)32-69-40-27-29-59(30-28-40)58(6)47(63)35-19-11-7-12-20-35/h7-30,34,43H,31-33H2,1-6H3,(H-,54,55,57,62)/p+1/t43-/m0/s1. The summed E-state index contributed by atoms with van der Waals surface area (Å²) in [7, 11) is 1.68. The summed E-state index contributed by atoms with van der Waals surface area (Å²) in [6, 6.07) is 42.4. The van der Waals surface area contributed by atoms with E-state index in [2.05, 4.69) is 16.0 Å². The second kappa shape index (κ2) is 21.4. The Morgan fingerprint density at radius 3 is 1.94 bits per heavy atom. The van der Waals surface area contributed by atoms with Crippen LogP contribution in [0.1, 0.15) is 73.8 Å². The van der Waals surface area contributed by atoms with Crippen LogP contribution in [0.25, 0.3) is 0 Å². The first-order valence-electron chi connectivity index (χ1n) is 22.6. The quantitative estimate of drug-likeness (QED) is 0.0182. The lowest BCUT2D eigenvalue weighted by Crippen LogP contribution is -2.57. The molecule has 4 heterocycles. The summed E-state index contributed by atoms with van der Waals surface area (Å²) in [6.45, 7) is 8.06. The number of thiazole rings is 1. The SMILES string of the molecule is CN(C(=O)c1ccccc1)[n+]1ccc(SCC2=C(C(=O)ONC(=O)C(=NOC(C)(C)C(=O)OC(C)(C)C)c3csc(NC(c4ccccc4)(c4ccccc4)c4ccccc4)n3)N3C(=O)C[C@@H]3SC2)cc1. The van der Waals surface area contributed by atoms with Crippen LogP contribution < -0.4 is 20.5 Å². The van der Waals surface area contributed by atoms with Gasteiger partial charge in [0.15, 0.2) is 10.8 Å². The molecular weight excluding hydrogens is 959 g/mol. The number of hydroxylamine groups is 1. The predicted molar refractivity (Wildman–Crippen MR) is 274 cm³/mol. The number of hydrogen-bond acceptors (Lipinski definition) is 14. The number of carbonyl (C=O) groups is 5. The van der Waals surface area contributed by atoms with Crippen LogP contribution in [-0.2, 0) is 39.1 Å². The molecule has 2 aliphatic heterocycles. The van der Waals surface area contributed by atoms with Crippen molar-refractivity contribution in [3.8, 4) is 0 Å². The Morgan fingerprint density at radius 1 is 0.831 bits per heavy atom. The van der Waals surface area contributed by atoms with Crippen molar-refractivity contribution in [3.63, 3.8) is 0 Å². The van der Waals surface area contributed by atoms with E-state index in [1.807, 2.05) is 109 Å². The lowest BCUT2D eigenvalue weighted by atomic mass is 9.77. The summed E-state index contributed by atoms with van der Waals surface area (Å²) < 4.78 is 7.25. The Hall–Kier alpha value is -7.28. The molecule has 2 aliphatic rings. The summed E-state index contributed by atoms with van der Waals surface area (Å²) in [5.41, 5.74) is 2.35. The van der Waals surface area contributed by atoms with E-state index < -0.39 is 40.3 Å². The molecule has 364 valence electrons. The van der Waals surface area contributed by atoms with E-state index in [9.17, 15) is 24.0 Å². The molecular formula is C53H52N7O8S3+. The van der Waals surface area contributed by atoms with E-state index in [0.29, 0.717) is 27.8 Å². The zero-order chi connectivity index (χ0) is 50.3. The number of benzene rings is 4. The number of pyridine rings is 1. The Bertz CT molecular complexity index is 2870. The van der Waals surface area contributed by atoms with Crippen LogP contribution in [0.15, 0.2) is 173 Å². The second-order valence-electron chi connectivity index (χ2n) is 18.0. The number of nitrogens with zero attached hydrogens (tertiary/aromatic N) is 5. The Balaban J connectivity index is 1.06. The van der Waals surface area contributed by atoms with Crippen LogP contribution in [0.3, 0.4) is 0 Å². The van der Waals surface area contributed by atoms with Gasteiger partial charge in [0.05, 0.1) is 18.8 Å². The van der Waals surface area contributed by atoms with Gasteiger partial charge in [0.2, 0.25) is 23.9 Å². The number of oxime groups is 1. The van der Waals surface area contributed by atoms with Gasteiger partial charge in [-0.2, -0.15) is 5.48 Å². The largest absolute Gasteiger partial charge is 0.457 e. The highest BCUT2D eigenvalue weighted by Gasteiger charge is 2.46. The second-order valence-corrected chi connectivity index (χ2v) is 21.0. The van der Waals surface area contributed by atoms with Gasteiger partial charge in [0, 0.05) is 39.5 Å². The fraction of sp³-hybridized carbons (Fsp3) is 0.245. The average molecular weight is 1010 g/mol. The van der Waals surface area contributed by atoms with Crippen LogP contribution in [0.4, 0.5) is 5.13 Å². The van der Waals surface area contributed by atoms with Gasteiger partial charge in [-0.3, -0.25) is 19.3 Å². The summed E-state index contributed by atoms with van der Waals surface area (Å²) in [5.74, 6) is -2.39. The molecule has 0 spiro atoms. The van der Waals surface area contributed by atoms with Crippen LogP contribution in [0.5, 0.6) is 0 Å². The summed E-state index contributed by atoms with van der Waals surface area (Å²) in [5, 5.41) is 11.1. The van der Waals surface area contributed by atoms with Gasteiger partial charge < -0.3 is 19.7 Å². The predicted octanol–water partition coefficient (Wildman–Crippen LogP) is 8.01. The molecule has 1 fully saturated rings. The molecule has 8 rings (SSSR count). The fourth-order valence-electron chi connectivity index (χ4n) is 7.69. The van der Waals surface area contributed by atoms with E-state index in [1.54, 1.807) is 74.5 Å². The van der Waals surface area contributed by atoms with Crippen molar-refractivity contribution in [1.29, 1.82) is 0 Å². The van der Waals surface area contributed by atoms with Crippen molar-refractivity contribution in [2.45, 2.75) is 68.0 Å². The first kappa shape index (κ1) is 50.1. The highest BCUT2D eigenvalue weighted by atomic mass is 32.2. The molecule has 6 aromatic rings. The van der Waals surface area contributed by atoms with Gasteiger partial charge in [-0.05, 0) is 69.0 Å². The molecule has 1 atom stereocenters. The maximum absolute atomic E-state index is 14.3. The molecule has 18 heteroatoms. The number of hydrogen-bond donors (Lipinski definition) is 2. The minimum atomic E-state index is -1.67. The Kier molecular flexibility index (Phi) is 15.1. The Labute approximate surface area is 424 Å². The van der Waals surface area contributed by atoms with Gasteiger partial charge in [-0.15, -0.1) is 39.9 Å². The molecule has 3 amide bonds. The maximum atomic E-state index is 14.3. The van der Waals surface area contributed by atoms with Crippen molar-refractivity contribution in [2.75, 3.05) is 28.9 Å². The maximum Gasteiger partial charge on any atom is 0.379 e. The minimum Gasteiger partial charge on any atom is -0.457 e. The molecule has 0 bridgehead atoms. The smallest absolute Gasteiger partial charge is 0.379 e. The topological polar surface area (TPSA) is 173 Å². The number of carbonyl (C=O) groups excluding carboxylic acids is 5. The number of esters is 1. The van der Waals surface area contributed by atoms with Gasteiger partial charge in [-0.1, -0.05) is 119 Å². The van der Waals surface area contributed by atoms with Crippen LogP contribution in [-0.4, -0.2) is 80.4 Å². The molecule has 0 radical (unpaired) electrons. The number of thioether (sulfide) groups is 2. The average Bonchev–Trinajstić information content (AvgIpc) is 3.84. The molecule has 2 N–H and O–H groups in total. The van der Waals surface area contributed by atoms with Gasteiger partial charge in [0.25, 0.3) is 0 Å². The lowest BCUT2D eigenvalue weighted by molar-refractivity contribution is -0.679. The third kappa shape index (κ3) is 11.4. The first-order valence-corrected chi connectivity index (χ1v) is 25.5. The molecule has 71 heavy (non-hydrogen) atoms. The lowest BCUT2D eigenvalue weighted by Gasteiger charge is -2.44. The highest BCUT2D eigenvalue weighted by molar-refractivity contribution is 8.01. The molecule has 0 unspecified atom stereocenters. The third-order valence-corrected chi connectivity index (χ3v) is 14.5. The van der Waals surface area contributed by atoms with Crippen molar-refractivity contribution >= 4 is 75.4 Å². The van der Waals surface area contributed by atoms with E-state index in [0.717, 1.165) is 21.6 Å². The van der Waals surface area contributed by atoms with Gasteiger partial charge in [0.1, 0.15) is 22.5 Å². The molecule has 4 aromatic carbocycles. The highest BCUT2D eigenvalue weighted by Crippen LogP contribution is 2.43. The van der Waals surface area contributed by atoms with Gasteiger partial charge >= 0.3 is 23.8 Å². The van der Waals surface area contributed by atoms with E-state index in [-0.39, 0.29) is 35.0 Å². The zero-order valence-electron chi connectivity index (χ0n) is 39.9. The number of rotatable bonds is 16. The van der Waals surface area contributed by atoms with Crippen molar-refractivity contribution in [2.24, 2.45) is 5.16 Å². The number of anilines is 1. The van der Waals surface area contributed by atoms with E-state index >= 15 is 0 Å². The van der Waals surface area contributed by atoms with E-state index in [1.165, 1.54) is 58.6 Å².